The topological polar surface area (TPSA) is 62.8 Å². The number of carbonyl (C=O) groups is 1. The Morgan fingerprint density at radius 1 is 1.12 bits per heavy atom. The van der Waals surface area contributed by atoms with Crippen LogP contribution in [0.25, 0.3) is 0 Å². The van der Waals surface area contributed by atoms with Crippen LogP contribution in [0, 0.1) is 19.8 Å². The summed E-state index contributed by atoms with van der Waals surface area (Å²) >= 11 is 5.80. The molecule has 1 saturated heterocycles. The van der Waals surface area contributed by atoms with Crippen molar-refractivity contribution >= 4 is 34.6 Å². The summed E-state index contributed by atoms with van der Waals surface area (Å²) in [5.74, 6) is 0.470. The zero-order valence-corrected chi connectivity index (χ0v) is 20.4. The first-order valence-corrected chi connectivity index (χ1v) is 11.6. The van der Waals surface area contributed by atoms with Crippen LogP contribution in [0.3, 0.4) is 0 Å². The van der Waals surface area contributed by atoms with Crippen LogP contribution in [-0.4, -0.2) is 23.9 Å². The van der Waals surface area contributed by atoms with Crippen LogP contribution < -0.4 is 25.0 Å². The second kappa shape index (κ2) is 8.33. The molecule has 7 heteroatoms. The molecular weight excluding hydrogens is 446 g/mol. The predicted octanol–water partition coefficient (Wildman–Crippen LogP) is 5.11. The number of methoxy groups -OCH3 is 1. The van der Waals surface area contributed by atoms with Crippen LogP contribution in [0.1, 0.15) is 29.7 Å². The van der Waals surface area contributed by atoms with Gasteiger partial charge in [0.2, 0.25) is 5.91 Å². The van der Waals surface area contributed by atoms with Gasteiger partial charge in [-0.05, 0) is 62.8 Å². The Balaban J connectivity index is 1.64. The van der Waals surface area contributed by atoms with E-state index < -0.39 is 11.6 Å². The molecule has 6 nitrogen and oxygen atoms in total. The average molecular weight is 474 g/mol. The van der Waals surface area contributed by atoms with Gasteiger partial charge in [0.25, 0.3) is 0 Å². The van der Waals surface area contributed by atoms with E-state index in [0.29, 0.717) is 16.6 Å². The molecule has 2 aliphatic heterocycles. The number of aryl methyl sites for hydroxylation is 2. The molecule has 0 aliphatic carbocycles. The number of benzene rings is 3. The van der Waals surface area contributed by atoms with Crippen LogP contribution in [0.2, 0.25) is 0 Å². The number of thiocarbonyl (C=S) groups is 1. The molecule has 2 heterocycles. The summed E-state index contributed by atoms with van der Waals surface area (Å²) in [7, 11) is 1.61. The summed E-state index contributed by atoms with van der Waals surface area (Å²) in [5.41, 5.74) is 3.51. The monoisotopic (exact) mass is 473 g/mol. The second-order valence-corrected chi connectivity index (χ2v) is 9.31. The summed E-state index contributed by atoms with van der Waals surface area (Å²) in [4.78, 5) is 15.8. The van der Waals surface area contributed by atoms with Crippen molar-refractivity contribution in [2.75, 3.05) is 17.3 Å². The van der Waals surface area contributed by atoms with Gasteiger partial charge in [0.15, 0.2) is 22.3 Å². The predicted molar refractivity (Wildman–Crippen MR) is 137 cm³/mol. The molecule has 1 fully saturated rings. The summed E-state index contributed by atoms with van der Waals surface area (Å²) in [6.07, 6.45) is 0. The van der Waals surface area contributed by atoms with E-state index in [1.807, 2.05) is 86.3 Å². The standard InChI is InChI=1S/C27H27N3O3S/c1-16-13-14-20(17(2)15-16)28-25(31)22-23-19-11-8-12-21(32-4)24(19)33-27(22,3)30(26(34)29-23)18-9-6-5-7-10-18/h5-15,22-23H,1-4H3,(H,28,31)(H,29,34)/t22-,23-,27-/m0/s1. The number of amides is 1. The van der Waals surface area contributed by atoms with Gasteiger partial charge in [-0.2, -0.15) is 0 Å². The summed E-state index contributed by atoms with van der Waals surface area (Å²) in [6.45, 7) is 5.94. The lowest BCUT2D eigenvalue weighted by Gasteiger charge is -2.56. The number of nitrogens with one attached hydrogen (secondary N) is 2. The highest BCUT2D eigenvalue weighted by Gasteiger charge is 2.59. The number of nitrogens with zero attached hydrogens (tertiary/aromatic N) is 1. The largest absolute Gasteiger partial charge is 0.493 e. The number of carbonyl (C=O) groups excluding carboxylic acids is 1. The smallest absolute Gasteiger partial charge is 0.236 e. The molecule has 174 valence electrons. The molecule has 0 radical (unpaired) electrons. The molecule has 1 amide bonds. The van der Waals surface area contributed by atoms with E-state index in [2.05, 4.69) is 16.7 Å². The lowest BCUT2D eigenvalue weighted by atomic mass is 9.78. The quantitative estimate of drug-likeness (QED) is 0.514. The van der Waals surface area contributed by atoms with Gasteiger partial charge in [0, 0.05) is 16.9 Å². The van der Waals surface area contributed by atoms with Crippen molar-refractivity contribution in [2.45, 2.75) is 32.5 Å². The minimum absolute atomic E-state index is 0.149. The molecule has 34 heavy (non-hydrogen) atoms. The first-order valence-electron chi connectivity index (χ1n) is 11.2. The van der Waals surface area contributed by atoms with Gasteiger partial charge in [0.05, 0.1) is 13.2 Å². The Morgan fingerprint density at radius 2 is 1.88 bits per heavy atom. The van der Waals surface area contributed by atoms with Crippen LogP contribution in [0.5, 0.6) is 11.5 Å². The molecule has 0 aromatic heterocycles. The molecule has 3 atom stereocenters. The zero-order valence-electron chi connectivity index (χ0n) is 19.6. The Hall–Kier alpha value is -3.58. The number of hydrogen-bond donors (Lipinski definition) is 2. The molecule has 0 unspecified atom stereocenters. The Kier molecular flexibility index (Phi) is 5.44. The Morgan fingerprint density at radius 3 is 2.59 bits per heavy atom. The van der Waals surface area contributed by atoms with Gasteiger partial charge in [-0.25, -0.2) is 0 Å². The lowest BCUT2D eigenvalue weighted by Crippen LogP contribution is -2.72. The van der Waals surface area contributed by atoms with Crippen LogP contribution in [0.15, 0.2) is 66.7 Å². The highest BCUT2D eigenvalue weighted by Crippen LogP contribution is 2.52. The minimum Gasteiger partial charge on any atom is -0.493 e. The van der Waals surface area contributed by atoms with E-state index in [-0.39, 0.29) is 11.9 Å². The van der Waals surface area contributed by atoms with Gasteiger partial charge in [0.1, 0.15) is 5.92 Å². The van der Waals surface area contributed by atoms with Crippen molar-refractivity contribution in [1.82, 2.24) is 5.32 Å². The lowest BCUT2D eigenvalue weighted by molar-refractivity contribution is -0.130. The minimum atomic E-state index is -1.10. The van der Waals surface area contributed by atoms with Crippen molar-refractivity contribution < 1.29 is 14.3 Å². The maximum Gasteiger partial charge on any atom is 0.236 e. The fourth-order valence-corrected chi connectivity index (χ4v) is 5.47. The van der Waals surface area contributed by atoms with Crippen molar-refractivity contribution in [3.63, 3.8) is 0 Å². The van der Waals surface area contributed by atoms with Gasteiger partial charge in [-0.1, -0.05) is 48.0 Å². The van der Waals surface area contributed by atoms with Crippen molar-refractivity contribution in [3.05, 3.63) is 83.4 Å². The molecule has 0 spiro atoms. The fraction of sp³-hybridized carbons (Fsp3) is 0.259. The highest BCUT2D eigenvalue weighted by atomic mass is 32.1. The van der Waals surface area contributed by atoms with Gasteiger partial charge in [-0.3, -0.25) is 9.69 Å². The average Bonchev–Trinajstić information content (AvgIpc) is 2.80. The number of ether oxygens (including phenoxy) is 2. The molecule has 2 bridgehead atoms. The van der Waals surface area contributed by atoms with Gasteiger partial charge in [-0.15, -0.1) is 0 Å². The van der Waals surface area contributed by atoms with Crippen molar-refractivity contribution in [3.8, 4) is 11.5 Å². The fourth-order valence-electron chi connectivity index (χ4n) is 5.06. The zero-order chi connectivity index (χ0) is 24.0. The van der Waals surface area contributed by atoms with E-state index in [4.69, 9.17) is 21.7 Å². The molecule has 5 rings (SSSR count). The number of fused-ring (bicyclic) bond motifs is 4. The summed E-state index contributed by atoms with van der Waals surface area (Å²) < 4.78 is 12.3. The first-order chi connectivity index (χ1) is 16.3. The van der Waals surface area contributed by atoms with Gasteiger partial charge < -0.3 is 20.1 Å². The maximum atomic E-state index is 13.9. The molecule has 3 aromatic carbocycles. The van der Waals surface area contributed by atoms with E-state index >= 15 is 0 Å². The Bertz CT molecular complexity index is 1280. The SMILES string of the molecule is COc1cccc2c1O[C@@]1(C)[C@H](C(=O)Nc3ccc(C)cc3C)[C@H]2NC(=S)N1c1ccccc1. The van der Waals surface area contributed by atoms with E-state index in [1.54, 1.807) is 7.11 Å². The van der Waals surface area contributed by atoms with Crippen LogP contribution in [0.4, 0.5) is 11.4 Å². The highest BCUT2D eigenvalue weighted by molar-refractivity contribution is 7.80. The molecule has 0 saturated carbocycles. The molecule has 2 aliphatic rings. The third kappa shape index (κ3) is 3.47. The van der Waals surface area contributed by atoms with E-state index in [9.17, 15) is 4.79 Å². The molecule has 2 N–H and O–H groups in total. The molecule has 3 aromatic rings. The van der Waals surface area contributed by atoms with Gasteiger partial charge >= 0.3 is 0 Å². The normalized spacial score (nSPS) is 22.8. The third-order valence-electron chi connectivity index (χ3n) is 6.65. The second-order valence-electron chi connectivity index (χ2n) is 8.92. The maximum absolute atomic E-state index is 13.9. The summed E-state index contributed by atoms with van der Waals surface area (Å²) in [5, 5.41) is 7.08. The van der Waals surface area contributed by atoms with Crippen molar-refractivity contribution in [2.24, 2.45) is 5.92 Å². The van der Waals surface area contributed by atoms with Crippen molar-refractivity contribution in [1.29, 1.82) is 0 Å². The number of hydrogen-bond acceptors (Lipinski definition) is 4. The first kappa shape index (κ1) is 22.2. The number of rotatable bonds is 4. The van der Waals surface area contributed by atoms with Crippen LogP contribution >= 0.6 is 12.2 Å². The number of para-hydroxylation sites is 2. The van der Waals surface area contributed by atoms with Crippen LogP contribution in [-0.2, 0) is 4.79 Å². The van der Waals surface area contributed by atoms with E-state index in [0.717, 1.165) is 28.1 Å². The number of anilines is 2. The summed E-state index contributed by atoms with van der Waals surface area (Å²) in [6, 6.07) is 21.1. The Labute approximate surface area is 204 Å². The van der Waals surface area contributed by atoms with E-state index in [1.165, 1.54) is 0 Å². The third-order valence-corrected chi connectivity index (χ3v) is 6.95. The molecular formula is C27H27N3O3S.